The zero-order chi connectivity index (χ0) is 14.4. The van der Waals surface area contributed by atoms with Crippen LogP contribution in [0.4, 0.5) is 0 Å². The summed E-state index contributed by atoms with van der Waals surface area (Å²) >= 11 is 0. The van der Waals surface area contributed by atoms with E-state index in [4.69, 9.17) is 4.74 Å². The number of carbonyl (C=O) groups excluding carboxylic acids is 1. The summed E-state index contributed by atoms with van der Waals surface area (Å²) in [6, 6.07) is 8.18. The van der Waals surface area contributed by atoms with Crippen molar-refractivity contribution < 1.29 is 9.53 Å². The molecule has 0 saturated heterocycles. The van der Waals surface area contributed by atoms with Crippen molar-refractivity contribution in [2.24, 2.45) is 5.92 Å². The summed E-state index contributed by atoms with van der Waals surface area (Å²) in [4.78, 5) is 11.6. The fourth-order valence-corrected chi connectivity index (χ4v) is 2.08. The van der Waals surface area contributed by atoms with Gasteiger partial charge in [0.15, 0.2) is 6.61 Å². The van der Waals surface area contributed by atoms with E-state index in [1.54, 1.807) is 0 Å². The zero-order valence-electron chi connectivity index (χ0n) is 12.3. The molecule has 4 nitrogen and oxygen atoms in total. The highest BCUT2D eigenvalue weighted by atomic mass is 16.5. The molecule has 1 fully saturated rings. The van der Waals surface area contributed by atoms with Crippen molar-refractivity contribution in [3.63, 3.8) is 0 Å². The molecule has 110 valence electrons. The molecule has 1 amide bonds. The first kappa shape index (κ1) is 14.9. The van der Waals surface area contributed by atoms with Crippen LogP contribution in [0.15, 0.2) is 24.3 Å². The lowest BCUT2D eigenvalue weighted by atomic mass is 10.1. The van der Waals surface area contributed by atoms with Crippen LogP contribution in [0.1, 0.15) is 38.3 Å². The molecule has 0 bridgehead atoms. The third-order valence-electron chi connectivity index (χ3n) is 3.52. The van der Waals surface area contributed by atoms with Crippen LogP contribution >= 0.6 is 0 Å². The molecule has 0 radical (unpaired) electrons. The number of carbonyl (C=O) groups is 1. The van der Waals surface area contributed by atoms with E-state index in [9.17, 15) is 4.79 Å². The number of rotatable bonds is 8. The smallest absolute Gasteiger partial charge is 0.257 e. The van der Waals surface area contributed by atoms with E-state index >= 15 is 0 Å². The quantitative estimate of drug-likeness (QED) is 0.766. The number of amides is 1. The predicted molar refractivity (Wildman–Crippen MR) is 79.8 cm³/mol. The average Bonchev–Trinajstić information content (AvgIpc) is 3.28. The van der Waals surface area contributed by atoms with Gasteiger partial charge in [-0.25, -0.2) is 0 Å². The minimum atomic E-state index is -0.0398. The number of nitrogens with one attached hydrogen (secondary N) is 2. The SMILES string of the molecule is CCNC(C)c1cccc(OCC(=O)NCC2CC2)c1. The van der Waals surface area contributed by atoms with Gasteiger partial charge in [0.05, 0.1) is 0 Å². The Morgan fingerprint density at radius 1 is 1.45 bits per heavy atom. The first-order chi connectivity index (χ1) is 9.69. The van der Waals surface area contributed by atoms with E-state index in [-0.39, 0.29) is 18.6 Å². The van der Waals surface area contributed by atoms with Gasteiger partial charge in [0.1, 0.15) is 5.75 Å². The van der Waals surface area contributed by atoms with Gasteiger partial charge < -0.3 is 15.4 Å². The molecule has 1 aromatic carbocycles. The van der Waals surface area contributed by atoms with Crippen molar-refractivity contribution in [3.8, 4) is 5.75 Å². The van der Waals surface area contributed by atoms with Gasteiger partial charge in [-0.3, -0.25) is 4.79 Å². The van der Waals surface area contributed by atoms with Gasteiger partial charge >= 0.3 is 0 Å². The van der Waals surface area contributed by atoms with Crippen LogP contribution in [-0.2, 0) is 4.79 Å². The Kier molecular flexibility index (Phi) is 5.41. The maximum absolute atomic E-state index is 11.6. The van der Waals surface area contributed by atoms with E-state index < -0.39 is 0 Å². The summed E-state index contributed by atoms with van der Waals surface area (Å²) in [7, 11) is 0. The lowest BCUT2D eigenvalue weighted by Crippen LogP contribution is -2.30. The monoisotopic (exact) mass is 276 g/mol. The molecule has 2 N–H and O–H groups in total. The van der Waals surface area contributed by atoms with Gasteiger partial charge in [0.2, 0.25) is 0 Å². The fraction of sp³-hybridized carbons (Fsp3) is 0.562. The standard InChI is InChI=1S/C16H24N2O2/c1-3-17-12(2)14-5-4-6-15(9-14)20-11-16(19)18-10-13-7-8-13/h4-6,9,12-13,17H,3,7-8,10-11H2,1-2H3,(H,18,19). The summed E-state index contributed by atoms with van der Waals surface area (Å²) < 4.78 is 5.55. The van der Waals surface area contributed by atoms with Crippen molar-refractivity contribution in [2.45, 2.75) is 32.7 Å². The number of benzene rings is 1. The van der Waals surface area contributed by atoms with Crippen molar-refractivity contribution in [1.29, 1.82) is 0 Å². The topological polar surface area (TPSA) is 50.4 Å². The molecule has 20 heavy (non-hydrogen) atoms. The maximum Gasteiger partial charge on any atom is 0.257 e. The Morgan fingerprint density at radius 3 is 2.95 bits per heavy atom. The number of hydrogen-bond acceptors (Lipinski definition) is 3. The summed E-state index contributed by atoms with van der Waals surface area (Å²) in [5.41, 5.74) is 1.17. The van der Waals surface area contributed by atoms with Gasteiger partial charge in [-0.15, -0.1) is 0 Å². The highest BCUT2D eigenvalue weighted by Gasteiger charge is 2.21. The van der Waals surface area contributed by atoms with E-state index in [1.807, 2.05) is 18.2 Å². The van der Waals surface area contributed by atoms with Crippen LogP contribution in [0, 0.1) is 5.92 Å². The normalized spacial score (nSPS) is 15.7. The Hall–Kier alpha value is -1.55. The summed E-state index contributed by atoms with van der Waals surface area (Å²) in [6.07, 6.45) is 2.48. The Balaban J connectivity index is 1.79. The zero-order valence-corrected chi connectivity index (χ0v) is 12.3. The molecule has 1 aliphatic rings. The van der Waals surface area contributed by atoms with Gasteiger partial charge in [0.25, 0.3) is 5.91 Å². The van der Waals surface area contributed by atoms with E-state index in [0.29, 0.717) is 5.92 Å². The average molecular weight is 276 g/mol. The van der Waals surface area contributed by atoms with E-state index in [0.717, 1.165) is 18.8 Å². The molecular formula is C16H24N2O2. The van der Waals surface area contributed by atoms with Crippen LogP contribution in [-0.4, -0.2) is 25.6 Å². The second-order valence-corrected chi connectivity index (χ2v) is 5.39. The number of hydrogen-bond donors (Lipinski definition) is 2. The fourth-order valence-electron chi connectivity index (χ4n) is 2.08. The minimum absolute atomic E-state index is 0.0398. The first-order valence-corrected chi connectivity index (χ1v) is 7.42. The summed E-state index contributed by atoms with van der Waals surface area (Å²) in [5, 5.41) is 6.25. The second kappa shape index (κ2) is 7.29. The molecule has 4 heteroatoms. The molecule has 0 aromatic heterocycles. The lowest BCUT2D eigenvalue weighted by molar-refractivity contribution is -0.123. The van der Waals surface area contributed by atoms with Gasteiger partial charge in [0, 0.05) is 12.6 Å². The first-order valence-electron chi connectivity index (χ1n) is 7.42. The Bertz CT molecular complexity index is 444. The molecule has 0 aliphatic heterocycles. The highest BCUT2D eigenvalue weighted by Crippen LogP contribution is 2.27. The molecule has 1 aliphatic carbocycles. The molecular weight excluding hydrogens is 252 g/mol. The molecule has 1 aromatic rings. The Morgan fingerprint density at radius 2 is 2.25 bits per heavy atom. The molecule has 1 atom stereocenters. The van der Waals surface area contributed by atoms with Crippen LogP contribution in [0.2, 0.25) is 0 Å². The van der Waals surface area contributed by atoms with Gasteiger partial charge in [-0.1, -0.05) is 19.1 Å². The molecule has 1 unspecified atom stereocenters. The van der Waals surface area contributed by atoms with Gasteiger partial charge in [-0.05, 0) is 49.9 Å². The van der Waals surface area contributed by atoms with Crippen LogP contribution < -0.4 is 15.4 Å². The van der Waals surface area contributed by atoms with Gasteiger partial charge in [-0.2, -0.15) is 0 Å². The van der Waals surface area contributed by atoms with Crippen molar-refractivity contribution in [2.75, 3.05) is 19.7 Å². The molecule has 0 spiro atoms. The molecule has 0 heterocycles. The second-order valence-electron chi connectivity index (χ2n) is 5.39. The molecule has 2 rings (SSSR count). The van der Waals surface area contributed by atoms with Crippen LogP contribution in [0.5, 0.6) is 5.75 Å². The lowest BCUT2D eigenvalue weighted by Gasteiger charge is -2.14. The maximum atomic E-state index is 11.6. The van der Waals surface area contributed by atoms with Crippen molar-refractivity contribution >= 4 is 5.91 Å². The highest BCUT2D eigenvalue weighted by molar-refractivity contribution is 5.77. The summed E-state index contributed by atoms with van der Waals surface area (Å²) in [5.74, 6) is 1.40. The van der Waals surface area contributed by atoms with Crippen molar-refractivity contribution in [3.05, 3.63) is 29.8 Å². The van der Waals surface area contributed by atoms with E-state index in [1.165, 1.54) is 18.4 Å². The summed E-state index contributed by atoms with van der Waals surface area (Å²) in [6.45, 7) is 6.01. The largest absolute Gasteiger partial charge is 0.484 e. The third kappa shape index (κ3) is 4.85. The third-order valence-corrected chi connectivity index (χ3v) is 3.52. The molecule has 1 saturated carbocycles. The minimum Gasteiger partial charge on any atom is -0.484 e. The van der Waals surface area contributed by atoms with Crippen LogP contribution in [0.3, 0.4) is 0 Å². The van der Waals surface area contributed by atoms with E-state index in [2.05, 4.69) is 30.5 Å². The van der Waals surface area contributed by atoms with Crippen LogP contribution in [0.25, 0.3) is 0 Å². The van der Waals surface area contributed by atoms with Crippen molar-refractivity contribution in [1.82, 2.24) is 10.6 Å². The number of ether oxygens (including phenoxy) is 1. The Labute approximate surface area is 120 Å². The predicted octanol–water partition coefficient (Wildman–Crippen LogP) is 2.26.